The van der Waals surface area contributed by atoms with Crippen LogP contribution in [-0.4, -0.2) is 36.8 Å². The van der Waals surface area contributed by atoms with E-state index >= 15 is 0 Å². The van der Waals surface area contributed by atoms with E-state index in [0.29, 0.717) is 36.0 Å². The maximum Gasteiger partial charge on any atom is 0.340 e. The van der Waals surface area contributed by atoms with Gasteiger partial charge in [-0.05, 0) is 17.7 Å². The maximum absolute atomic E-state index is 11.9. The van der Waals surface area contributed by atoms with Crippen LogP contribution >= 0.6 is 0 Å². The van der Waals surface area contributed by atoms with Crippen molar-refractivity contribution in [1.82, 2.24) is 0 Å². The fourth-order valence-corrected chi connectivity index (χ4v) is 2.31. The summed E-state index contributed by atoms with van der Waals surface area (Å²) in [5, 5.41) is 12.5. The second-order valence-corrected chi connectivity index (χ2v) is 5.33. The van der Waals surface area contributed by atoms with Gasteiger partial charge in [0.2, 0.25) is 0 Å². The van der Waals surface area contributed by atoms with Crippen molar-refractivity contribution in [2.75, 3.05) is 25.1 Å². The lowest BCUT2D eigenvalue weighted by Gasteiger charge is -2.19. The van der Waals surface area contributed by atoms with E-state index in [4.69, 9.17) is 14.2 Å². The number of hydrogen-bond donors (Lipinski definition) is 2. The molecule has 0 aromatic heterocycles. The summed E-state index contributed by atoms with van der Waals surface area (Å²) < 4.78 is 15.7. The molecular weight excluding hydrogens is 326 g/mol. The summed E-state index contributed by atoms with van der Waals surface area (Å²) in [5.74, 6) is -0.254. The Morgan fingerprint density at radius 3 is 2.56 bits per heavy atom. The smallest absolute Gasteiger partial charge is 0.340 e. The predicted octanol–water partition coefficient (Wildman–Crippen LogP) is 1.67. The van der Waals surface area contributed by atoms with Gasteiger partial charge in [0.25, 0.3) is 5.91 Å². The molecule has 0 bridgehead atoms. The Morgan fingerprint density at radius 2 is 1.80 bits per heavy atom. The van der Waals surface area contributed by atoms with Crippen LogP contribution in [0.15, 0.2) is 48.5 Å². The molecule has 0 unspecified atom stereocenters. The largest absolute Gasteiger partial charge is 0.486 e. The van der Waals surface area contributed by atoms with Crippen molar-refractivity contribution in [1.29, 1.82) is 0 Å². The molecular formula is C18H17NO6. The third-order valence-corrected chi connectivity index (χ3v) is 3.51. The van der Waals surface area contributed by atoms with Crippen molar-refractivity contribution < 1.29 is 28.9 Å². The Bertz CT molecular complexity index is 761. The second kappa shape index (κ2) is 7.67. The Hall–Kier alpha value is -3.06. The second-order valence-electron chi connectivity index (χ2n) is 5.33. The summed E-state index contributed by atoms with van der Waals surface area (Å²) in [6.07, 6.45) is -1.43. The minimum Gasteiger partial charge on any atom is -0.486 e. The van der Waals surface area contributed by atoms with E-state index in [9.17, 15) is 14.7 Å². The molecule has 1 amide bonds. The summed E-state index contributed by atoms with van der Waals surface area (Å²) in [5.41, 5.74) is 0.897. The van der Waals surface area contributed by atoms with Crippen LogP contribution in [0.2, 0.25) is 0 Å². The highest BCUT2D eigenvalue weighted by Crippen LogP contribution is 2.32. The van der Waals surface area contributed by atoms with Crippen LogP contribution in [0.4, 0.5) is 5.69 Å². The van der Waals surface area contributed by atoms with E-state index in [1.165, 1.54) is 0 Å². The number of amides is 1. The van der Waals surface area contributed by atoms with Crippen molar-refractivity contribution in [2.24, 2.45) is 0 Å². The van der Waals surface area contributed by atoms with Crippen LogP contribution in [-0.2, 0) is 14.3 Å². The first-order valence-corrected chi connectivity index (χ1v) is 7.72. The van der Waals surface area contributed by atoms with Crippen molar-refractivity contribution >= 4 is 17.6 Å². The SMILES string of the molecule is O=C(COC(=O)[C@H](O)c1ccccc1)Nc1ccc2c(c1)OCCO2. The van der Waals surface area contributed by atoms with E-state index in [1.807, 2.05) is 0 Å². The van der Waals surface area contributed by atoms with Crippen LogP contribution in [0, 0.1) is 0 Å². The van der Waals surface area contributed by atoms with Gasteiger partial charge in [-0.15, -0.1) is 0 Å². The van der Waals surface area contributed by atoms with Crippen LogP contribution in [0.5, 0.6) is 11.5 Å². The molecule has 0 saturated heterocycles. The molecule has 0 saturated carbocycles. The zero-order valence-electron chi connectivity index (χ0n) is 13.3. The van der Waals surface area contributed by atoms with E-state index in [2.05, 4.69) is 5.32 Å². The number of carbonyl (C=O) groups is 2. The summed E-state index contributed by atoms with van der Waals surface area (Å²) in [4.78, 5) is 23.7. The van der Waals surface area contributed by atoms with Gasteiger partial charge in [0.05, 0.1) is 0 Å². The van der Waals surface area contributed by atoms with Gasteiger partial charge in [-0.1, -0.05) is 30.3 Å². The Balaban J connectivity index is 1.52. The number of benzene rings is 2. The summed E-state index contributed by atoms with van der Waals surface area (Å²) >= 11 is 0. The molecule has 1 aliphatic rings. The van der Waals surface area contributed by atoms with Crippen molar-refractivity contribution in [3.63, 3.8) is 0 Å². The van der Waals surface area contributed by atoms with Crippen LogP contribution < -0.4 is 14.8 Å². The number of esters is 1. The Morgan fingerprint density at radius 1 is 1.08 bits per heavy atom. The minimum absolute atomic E-state index is 0.403. The van der Waals surface area contributed by atoms with E-state index in [0.717, 1.165) is 0 Å². The van der Waals surface area contributed by atoms with Gasteiger partial charge in [-0.3, -0.25) is 4.79 Å². The molecule has 2 N–H and O–H groups in total. The van der Waals surface area contributed by atoms with Gasteiger partial charge >= 0.3 is 5.97 Å². The average Bonchev–Trinajstić information content (AvgIpc) is 2.66. The van der Waals surface area contributed by atoms with Crippen molar-refractivity contribution in [2.45, 2.75) is 6.10 Å². The first-order valence-electron chi connectivity index (χ1n) is 7.72. The van der Waals surface area contributed by atoms with Gasteiger partial charge in [0.15, 0.2) is 24.2 Å². The number of anilines is 1. The number of aliphatic hydroxyl groups is 1. The molecule has 7 nitrogen and oxygen atoms in total. The topological polar surface area (TPSA) is 94.1 Å². The van der Waals surface area contributed by atoms with Gasteiger partial charge in [0, 0.05) is 11.8 Å². The summed E-state index contributed by atoms with van der Waals surface area (Å²) in [6.45, 7) is 0.426. The fourth-order valence-electron chi connectivity index (χ4n) is 2.31. The minimum atomic E-state index is -1.43. The standard InChI is InChI=1S/C18H17NO6/c20-16(11-25-18(22)17(21)12-4-2-1-3-5-12)19-13-6-7-14-15(10-13)24-9-8-23-14/h1-7,10,17,21H,8-9,11H2,(H,19,20)/t17-/m1/s1. The molecule has 0 aliphatic carbocycles. The first-order chi connectivity index (χ1) is 12.1. The molecule has 0 fully saturated rings. The molecule has 2 aromatic carbocycles. The maximum atomic E-state index is 11.9. The zero-order valence-corrected chi connectivity index (χ0v) is 13.3. The average molecular weight is 343 g/mol. The molecule has 0 radical (unpaired) electrons. The molecule has 130 valence electrons. The number of carbonyl (C=O) groups excluding carboxylic acids is 2. The van der Waals surface area contributed by atoms with Crippen LogP contribution in [0.3, 0.4) is 0 Å². The predicted molar refractivity (Wildman–Crippen MR) is 88.4 cm³/mol. The lowest BCUT2D eigenvalue weighted by molar-refractivity contribution is -0.156. The normalized spacial score (nSPS) is 13.6. The molecule has 0 spiro atoms. The number of aliphatic hydroxyl groups excluding tert-OH is 1. The van der Waals surface area contributed by atoms with Crippen LogP contribution in [0.25, 0.3) is 0 Å². The highest BCUT2D eigenvalue weighted by molar-refractivity contribution is 5.93. The van der Waals surface area contributed by atoms with Crippen molar-refractivity contribution in [3.05, 3.63) is 54.1 Å². The highest BCUT2D eigenvalue weighted by atomic mass is 16.6. The van der Waals surface area contributed by atoms with Gasteiger partial charge < -0.3 is 24.6 Å². The highest BCUT2D eigenvalue weighted by Gasteiger charge is 2.20. The molecule has 1 aliphatic heterocycles. The number of fused-ring (bicyclic) bond motifs is 1. The van der Waals surface area contributed by atoms with Gasteiger partial charge in [-0.25, -0.2) is 4.79 Å². The molecule has 3 rings (SSSR count). The quantitative estimate of drug-likeness (QED) is 0.802. The van der Waals surface area contributed by atoms with Gasteiger partial charge in [0.1, 0.15) is 13.2 Å². The van der Waals surface area contributed by atoms with E-state index in [-0.39, 0.29) is 0 Å². The fraction of sp³-hybridized carbons (Fsp3) is 0.222. The molecule has 7 heteroatoms. The molecule has 1 atom stereocenters. The summed E-state index contributed by atoms with van der Waals surface area (Å²) in [7, 11) is 0. The molecule has 2 aromatic rings. The number of hydrogen-bond acceptors (Lipinski definition) is 6. The van der Waals surface area contributed by atoms with Crippen LogP contribution in [0.1, 0.15) is 11.7 Å². The summed E-state index contributed by atoms with van der Waals surface area (Å²) in [6, 6.07) is 13.3. The molecule has 25 heavy (non-hydrogen) atoms. The first kappa shape index (κ1) is 16.8. The Labute approximate surface area is 144 Å². The monoisotopic (exact) mass is 343 g/mol. The lowest BCUT2D eigenvalue weighted by Crippen LogP contribution is -2.24. The Kier molecular flexibility index (Phi) is 5.15. The third-order valence-electron chi connectivity index (χ3n) is 3.51. The van der Waals surface area contributed by atoms with E-state index in [1.54, 1.807) is 48.5 Å². The van der Waals surface area contributed by atoms with E-state index < -0.39 is 24.6 Å². The lowest BCUT2D eigenvalue weighted by atomic mass is 10.1. The number of nitrogens with one attached hydrogen (secondary N) is 1. The molecule has 1 heterocycles. The number of rotatable bonds is 5. The zero-order chi connectivity index (χ0) is 17.6. The van der Waals surface area contributed by atoms with Gasteiger partial charge in [-0.2, -0.15) is 0 Å². The number of ether oxygens (including phenoxy) is 3. The third kappa shape index (κ3) is 4.27. The van der Waals surface area contributed by atoms with Crippen molar-refractivity contribution in [3.8, 4) is 11.5 Å².